The summed E-state index contributed by atoms with van der Waals surface area (Å²) in [5.74, 6) is 4.71. The minimum atomic E-state index is -0.687. The Morgan fingerprint density at radius 3 is 2.80 bits per heavy atom. The molecule has 0 bridgehead atoms. The number of nitro benzene ring substituents is 1. The van der Waals surface area contributed by atoms with E-state index in [1.54, 1.807) is 0 Å². The van der Waals surface area contributed by atoms with Crippen LogP contribution in [-0.2, 0) is 0 Å². The van der Waals surface area contributed by atoms with Gasteiger partial charge in [0.1, 0.15) is 5.69 Å². The van der Waals surface area contributed by atoms with Gasteiger partial charge in [-0.2, -0.15) is 5.26 Å². The molecule has 0 atom stereocenters. The van der Waals surface area contributed by atoms with Crippen molar-refractivity contribution in [2.45, 2.75) is 6.42 Å². The quantitative estimate of drug-likeness (QED) is 0.482. The van der Waals surface area contributed by atoms with Crippen LogP contribution in [0.2, 0.25) is 5.02 Å². The first-order valence-corrected chi connectivity index (χ1v) is 5.87. The van der Waals surface area contributed by atoms with Gasteiger partial charge in [-0.25, -0.2) is 0 Å². The molecule has 106 valence electrons. The molecular formula is C11H12ClN5O3. The van der Waals surface area contributed by atoms with Crippen molar-refractivity contribution >= 4 is 28.9 Å². The number of hydrazine groups is 1. The smallest absolute Gasteiger partial charge is 0.295 e. The Morgan fingerprint density at radius 1 is 1.65 bits per heavy atom. The van der Waals surface area contributed by atoms with Crippen LogP contribution in [0.3, 0.4) is 0 Å². The summed E-state index contributed by atoms with van der Waals surface area (Å²) in [6.07, 6.45) is 0.167. The first-order valence-electron chi connectivity index (χ1n) is 5.49. The van der Waals surface area contributed by atoms with Crippen LogP contribution in [0.15, 0.2) is 12.1 Å². The van der Waals surface area contributed by atoms with Crippen LogP contribution in [-0.4, -0.2) is 29.3 Å². The lowest BCUT2D eigenvalue weighted by molar-refractivity contribution is -0.384. The topological polar surface area (TPSA) is 125 Å². The molecule has 0 aliphatic heterocycles. The normalized spacial score (nSPS) is 9.70. The average Bonchev–Trinajstić information content (AvgIpc) is 2.42. The molecule has 20 heavy (non-hydrogen) atoms. The van der Waals surface area contributed by atoms with Gasteiger partial charge in [-0.05, 0) is 6.07 Å². The standard InChI is InChI=1S/C11H12ClN5O3/c1-16(4-2-3-13)11(18)7-5-8(12)10(15-14)9(6-7)17(19)20/h5-6,15H,2,4,14H2,1H3. The molecule has 0 fully saturated rings. The zero-order valence-electron chi connectivity index (χ0n) is 10.6. The van der Waals surface area contributed by atoms with Crippen molar-refractivity contribution in [1.82, 2.24) is 4.90 Å². The molecule has 1 amide bonds. The Balaban J connectivity index is 3.17. The minimum Gasteiger partial charge on any atom is -0.341 e. The van der Waals surface area contributed by atoms with Gasteiger partial charge in [0.05, 0.1) is 22.4 Å². The Morgan fingerprint density at radius 2 is 2.30 bits per heavy atom. The Labute approximate surface area is 119 Å². The van der Waals surface area contributed by atoms with Gasteiger partial charge in [-0.1, -0.05) is 11.6 Å². The molecule has 0 saturated heterocycles. The fourth-order valence-electron chi connectivity index (χ4n) is 1.54. The molecule has 0 spiro atoms. The highest BCUT2D eigenvalue weighted by Gasteiger charge is 2.22. The number of nitrogens with zero attached hydrogens (tertiary/aromatic N) is 3. The SMILES string of the molecule is CN(CCC#N)C(=O)c1cc(Cl)c(NN)c([N+](=O)[O-])c1. The number of hydrogen-bond donors (Lipinski definition) is 2. The maximum Gasteiger partial charge on any atom is 0.295 e. The molecule has 0 heterocycles. The fraction of sp³-hybridized carbons (Fsp3) is 0.273. The Hall–Kier alpha value is -2.37. The molecule has 3 N–H and O–H groups in total. The molecule has 9 heteroatoms. The van der Waals surface area contributed by atoms with E-state index < -0.39 is 16.5 Å². The molecule has 0 radical (unpaired) electrons. The molecule has 0 aromatic heterocycles. The summed E-state index contributed by atoms with van der Waals surface area (Å²) < 4.78 is 0. The van der Waals surface area contributed by atoms with E-state index >= 15 is 0 Å². The Bertz CT molecular complexity index is 584. The van der Waals surface area contributed by atoms with Gasteiger partial charge in [0.25, 0.3) is 11.6 Å². The predicted octanol–water partition coefficient (Wildman–Crippen LogP) is 1.52. The number of rotatable bonds is 5. The molecule has 0 saturated carbocycles. The number of carbonyl (C=O) groups is 1. The minimum absolute atomic E-state index is 0.0290. The number of hydrogen-bond acceptors (Lipinski definition) is 6. The predicted molar refractivity (Wildman–Crippen MR) is 73.1 cm³/mol. The summed E-state index contributed by atoms with van der Waals surface area (Å²) >= 11 is 5.86. The van der Waals surface area contributed by atoms with E-state index in [0.717, 1.165) is 6.07 Å². The third-order valence-electron chi connectivity index (χ3n) is 2.56. The van der Waals surface area contributed by atoms with Crippen LogP contribution in [0.1, 0.15) is 16.8 Å². The summed E-state index contributed by atoms with van der Waals surface area (Å²) in [6, 6.07) is 4.29. The summed E-state index contributed by atoms with van der Waals surface area (Å²) in [6.45, 7) is 0.220. The van der Waals surface area contributed by atoms with E-state index in [1.165, 1.54) is 18.0 Å². The van der Waals surface area contributed by atoms with E-state index in [9.17, 15) is 14.9 Å². The van der Waals surface area contributed by atoms with Crippen molar-refractivity contribution in [3.05, 3.63) is 32.8 Å². The number of halogens is 1. The highest BCUT2D eigenvalue weighted by atomic mass is 35.5. The lowest BCUT2D eigenvalue weighted by atomic mass is 10.1. The van der Waals surface area contributed by atoms with Crippen molar-refractivity contribution < 1.29 is 9.72 Å². The van der Waals surface area contributed by atoms with Crippen LogP contribution < -0.4 is 11.3 Å². The van der Waals surface area contributed by atoms with Gasteiger partial charge in [0.2, 0.25) is 0 Å². The number of nitro groups is 1. The molecule has 1 rings (SSSR count). The van der Waals surface area contributed by atoms with Crippen molar-refractivity contribution in [1.29, 1.82) is 5.26 Å². The average molecular weight is 298 g/mol. The number of nitriles is 1. The van der Waals surface area contributed by atoms with Crippen molar-refractivity contribution in [2.24, 2.45) is 5.84 Å². The first kappa shape index (κ1) is 15.7. The lowest BCUT2D eigenvalue weighted by Crippen LogP contribution is -2.27. The molecule has 0 aliphatic rings. The maximum atomic E-state index is 12.1. The molecule has 0 aliphatic carbocycles. The number of benzene rings is 1. The zero-order chi connectivity index (χ0) is 15.3. The van der Waals surface area contributed by atoms with E-state index in [2.05, 4.69) is 5.43 Å². The van der Waals surface area contributed by atoms with Crippen LogP contribution in [0.4, 0.5) is 11.4 Å². The first-order chi connectivity index (χ1) is 9.42. The monoisotopic (exact) mass is 297 g/mol. The summed E-state index contributed by atoms with van der Waals surface area (Å²) in [4.78, 5) is 23.6. The number of nitrogen functional groups attached to an aromatic ring is 1. The van der Waals surface area contributed by atoms with Crippen molar-refractivity contribution in [3.8, 4) is 6.07 Å². The summed E-state index contributed by atoms with van der Waals surface area (Å²) in [5, 5.41) is 19.4. The van der Waals surface area contributed by atoms with E-state index in [0.29, 0.717) is 0 Å². The second-order valence-electron chi connectivity index (χ2n) is 3.89. The fourth-order valence-corrected chi connectivity index (χ4v) is 1.81. The largest absolute Gasteiger partial charge is 0.341 e. The van der Waals surface area contributed by atoms with Gasteiger partial charge in [-0.3, -0.25) is 20.8 Å². The van der Waals surface area contributed by atoms with E-state index in [1.807, 2.05) is 6.07 Å². The zero-order valence-corrected chi connectivity index (χ0v) is 11.3. The highest BCUT2D eigenvalue weighted by Crippen LogP contribution is 2.33. The molecule has 1 aromatic carbocycles. The number of anilines is 1. The van der Waals surface area contributed by atoms with Gasteiger partial charge in [-0.15, -0.1) is 0 Å². The van der Waals surface area contributed by atoms with Gasteiger partial charge in [0.15, 0.2) is 0 Å². The third kappa shape index (κ3) is 3.34. The van der Waals surface area contributed by atoms with E-state index in [4.69, 9.17) is 22.7 Å². The number of amides is 1. The third-order valence-corrected chi connectivity index (χ3v) is 2.86. The number of nitrogens with one attached hydrogen (secondary N) is 1. The molecule has 1 aromatic rings. The van der Waals surface area contributed by atoms with Crippen LogP contribution in [0.25, 0.3) is 0 Å². The summed E-state index contributed by atoms with van der Waals surface area (Å²) in [7, 11) is 1.49. The van der Waals surface area contributed by atoms with Crippen molar-refractivity contribution in [2.75, 3.05) is 19.0 Å². The van der Waals surface area contributed by atoms with Crippen molar-refractivity contribution in [3.63, 3.8) is 0 Å². The number of carbonyl (C=O) groups excluding carboxylic acids is 1. The highest BCUT2D eigenvalue weighted by molar-refractivity contribution is 6.34. The molecule has 0 unspecified atom stereocenters. The second kappa shape index (κ2) is 6.70. The van der Waals surface area contributed by atoms with Gasteiger partial charge >= 0.3 is 0 Å². The van der Waals surface area contributed by atoms with Crippen LogP contribution in [0.5, 0.6) is 0 Å². The van der Waals surface area contributed by atoms with Crippen LogP contribution >= 0.6 is 11.6 Å². The maximum absolute atomic E-state index is 12.1. The van der Waals surface area contributed by atoms with Gasteiger partial charge in [0, 0.05) is 25.2 Å². The molecular weight excluding hydrogens is 286 g/mol. The number of nitrogens with two attached hydrogens (primary N) is 1. The summed E-state index contributed by atoms with van der Waals surface area (Å²) in [5.41, 5.74) is 1.74. The Kier molecular flexibility index (Phi) is 5.25. The van der Waals surface area contributed by atoms with Crippen LogP contribution in [0, 0.1) is 21.4 Å². The second-order valence-corrected chi connectivity index (χ2v) is 4.30. The molecule has 8 nitrogen and oxygen atoms in total. The van der Waals surface area contributed by atoms with Gasteiger partial charge < -0.3 is 10.3 Å². The lowest BCUT2D eigenvalue weighted by Gasteiger charge is -2.16. The van der Waals surface area contributed by atoms with E-state index in [-0.39, 0.29) is 29.2 Å².